The molecule has 140 valence electrons. The van der Waals surface area contributed by atoms with Crippen molar-refractivity contribution in [2.24, 2.45) is 0 Å². The third-order valence-electron chi connectivity index (χ3n) is 3.55. The van der Waals surface area contributed by atoms with Gasteiger partial charge >= 0.3 is 11.7 Å². The predicted octanol–water partition coefficient (Wildman–Crippen LogP) is 1.01. The number of rotatable bonds is 8. The molecule has 0 saturated heterocycles. The van der Waals surface area contributed by atoms with Crippen molar-refractivity contribution in [3.8, 4) is 0 Å². The fraction of sp³-hybridized carbons (Fsp3) is 0.353. The van der Waals surface area contributed by atoms with Gasteiger partial charge in [-0.15, -0.1) is 0 Å². The molecular weight excluding hydrogens is 455 g/mol. The summed E-state index contributed by atoms with van der Waals surface area (Å²) in [4.78, 5) is 37.7. The van der Waals surface area contributed by atoms with Crippen LogP contribution < -0.4 is 11.2 Å². The Balaban J connectivity index is 2.05. The van der Waals surface area contributed by atoms with E-state index in [1.165, 1.54) is 10.8 Å². The quantitative estimate of drug-likeness (QED) is 0.336. The predicted molar refractivity (Wildman–Crippen MR) is 103 cm³/mol. The van der Waals surface area contributed by atoms with Crippen LogP contribution in [0.1, 0.15) is 22.1 Å². The number of nitrogens with zero attached hydrogens (tertiary/aromatic N) is 1. The fourth-order valence-electron chi connectivity index (χ4n) is 2.16. The van der Waals surface area contributed by atoms with E-state index in [1.807, 2.05) is 22.6 Å². The van der Waals surface area contributed by atoms with Crippen molar-refractivity contribution in [1.29, 1.82) is 0 Å². The van der Waals surface area contributed by atoms with Gasteiger partial charge in [0.05, 0.1) is 12.2 Å². The van der Waals surface area contributed by atoms with Gasteiger partial charge in [-0.05, 0) is 19.1 Å². The zero-order chi connectivity index (χ0) is 19.1. The van der Waals surface area contributed by atoms with Gasteiger partial charge in [0.25, 0.3) is 5.56 Å². The first-order valence-corrected chi connectivity index (χ1v) is 9.35. The number of esters is 1. The Labute approximate surface area is 162 Å². The summed E-state index contributed by atoms with van der Waals surface area (Å²) in [5, 5.41) is 9.50. The highest BCUT2D eigenvalue weighted by molar-refractivity contribution is 14.1. The maximum absolute atomic E-state index is 12.0. The van der Waals surface area contributed by atoms with E-state index in [-0.39, 0.29) is 6.61 Å². The second kappa shape index (κ2) is 9.64. The van der Waals surface area contributed by atoms with Gasteiger partial charge in [0, 0.05) is 16.2 Å². The van der Waals surface area contributed by atoms with Crippen LogP contribution in [0.4, 0.5) is 0 Å². The number of benzene rings is 1. The molecule has 0 aliphatic heterocycles. The lowest BCUT2D eigenvalue weighted by molar-refractivity contribution is -0.0873. The molecule has 0 aliphatic rings. The number of aromatic amines is 1. The largest absolute Gasteiger partial charge is 0.459 e. The molecular formula is C17H19IN2O6. The number of nitrogens with one attached hydrogen (secondary N) is 1. The second-order valence-corrected chi connectivity index (χ2v) is 6.37. The van der Waals surface area contributed by atoms with Crippen LogP contribution in [0.15, 0.2) is 46.1 Å². The van der Waals surface area contributed by atoms with E-state index >= 15 is 0 Å². The molecule has 0 radical (unpaired) electrons. The molecule has 2 N–H and O–H groups in total. The summed E-state index contributed by atoms with van der Waals surface area (Å²) in [7, 11) is 0. The Morgan fingerprint density at radius 2 is 2.00 bits per heavy atom. The normalized spacial score (nSPS) is 13.2. The van der Waals surface area contributed by atoms with Gasteiger partial charge in [0.15, 0.2) is 0 Å². The lowest BCUT2D eigenvalue weighted by atomic mass is 10.2. The van der Waals surface area contributed by atoms with Crippen molar-refractivity contribution < 1.29 is 19.4 Å². The molecule has 0 spiro atoms. The Morgan fingerprint density at radius 3 is 2.62 bits per heavy atom. The first kappa shape index (κ1) is 20.3. The number of H-pyrrole nitrogens is 1. The number of halogens is 1. The zero-order valence-electron chi connectivity index (χ0n) is 14.1. The van der Waals surface area contributed by atoms with E-state index in [2.05, 4.69) is 4.98 Å². The number of hydrogen-bond acceptors (Lipinski definition) is 6. The van der Waals surface area contributed by atoms with E-state index in [0.717, 1.165) is 0 Å². The summed E-state index contributed by atoms with van der Waals surface area (Å²) < 4.78 is 12.5. The minimum absolute atomic E-state index is 0.172. The van der Waals surface area contributed by atoms with Crippen LogP contribution >= 0.6 is 22.6 Å². The molecule has 2 atom stereocenters. The molecule has 0 unspecified atom stereocenters. The first-order chi connectivity index (χ1) is 12.5. The van der Waals surface area contributed by atoms with Crippen molar-refractivity contribution in [1.82, 2.24) is 9.55 Å². The average Bonchev–Trinajstić information content (AvgIpc) is 2.66. The van der Waals surface area contributed by atoms with Gasteiger partial charge < -0.3 is 14.6 Å². The third kappa shape index (κ3) is 5.26. The number of alkyl halides is 1. The lowest BCUT2D eigenvalue weighted by Gasteiger charge is -2.23. The number of carbonyl (C=O) groups excluding carboxylic acids is 1. The Hall–Kier alpha value is -1.98. The van der Waals surface area contributed by atoms with Gasteiger partial charge in [-0.1, -0.05) is 40.8 Å². The number of ether oxygens (including phenoxy) is 2. The van der Waals surface area contributed by atoms with Crippen molar-refractivity contribution in [2.75, 3.05) is 17.6 Å². The summed E-state index contributed by atoms with van der Waals surface area (Å²) in [6, 6.07) is 8.45. The molecule has 0 amide bonds. The van der Waals surface area contributed by atoms with Crippen LogP contribution in [0.2, 0.25) is 0 Å². The number of aromatic nitrogens is 2. The van der Waals surface area contributed by atoms with Gasteiger partial charge in [0.1, 0.15) is 18.9 Å². The molecule has 1 aromatic carbocycles. The van der Waals surface area contributed by atoms with Crippen LogP contribution in [0, 0.1) is 6.92 Å². The van der Waals surface area contributed by atoms with Crippen LogP contribution in [0.25, 0.3) is 0 Å². The van der Waals surface area contributed by atoms with Crippen LogP contribution in [0.3, 0.4) is 0 Å². The van der Waals surface area contributed by atoms with Gasteiger partial charge in [0.2, 0.25) is 0 Å². The van der Waals surface area contributed by atoms with Crippen LogP contribution in [-0.2, 0) is 9.47 Å². The van der Waals surface area contributed by atoms with E-state index in [0.29, 0.717) is 15.6 Å². The maximum Gasteiger partial charge on any atom is 0.338 e. The Bertz CT molecular complexity index is 848. The molecule has 1 aromatic heterocycles. The highest BCUT2D eigenvalue weighted by Crippen LogP contribution is 2.14. The molecule has 1 heterocycles. The molecule has 0 bridgehead atoms. The van der Waals surface area contributed by atoms with E-state index in [9.17, 15) is 19.5 Å². The van der Waals surface area contributed by atoms with Crippen molar-refractivity contribution in [3.05, 3.63) is 68.5 Å². The summed E-state index contributed by atoms with van der Waals surface area (Å²) >= 11 is 2.02. The summed E-state index contributed by atoms with van der Waals surface area (Å²) in [6.07, 6.45) is -0.151. The Kier molecular flexibility index (Phi) is 7.54. The smallest absolute Gasteiger partial charge is 0.338 e. The van der Waals surface area contributed by atoms with Crippen molar-refractivity contribution in [2.45, 2.75) is 19.3 Å². The number of carbonyl (C=O) groups is 1. The number of aliphatic hydroxyl groups is 1. The van der Waals surface area contributed by atoms with Crippen molar-refractivity contribution in [3.63, 3.8) is 0 Å². The highest BCUT2D eigenvalue weighted by Gasteiger charge is 2.20. The second-order valence-electron chi connectivity index (χ2n) is 5.49. The average molecular weight is 474 g/mol. The number of aryl methyl sites for hydroxylation is 1. The zero-order valence-corrected chi connectivity index (χ0v) is 16.2. The molecule has 8 nitrogen and oxygen atoms in total. The minimum atomic E-state index is -0.818. The summed E-state index contributed by atoms with van der Waals surface area (Å²) in [6.45, 7) is 1.00. The standard InChI is InChI=1S/C17H19IN2O6/c1-11-8-20(17(24)19-15(11)22)14(7-18)26-13(9-21)10-25-16(23)12-5-3-2-4-6-12/h2-6,8,13-14,21H,7,9-10H2,1H3,(H,19,22,24)/t13-,14+/m0/s1. The number of hydrogen-bond donors (Lipinski definition) is 2. The van der Waals surface area contributed by atoms with Crippen LogP contribution in [0.5, 0.6) is 0 Å². The molecule has 0 saturated carbocycles. The van der Waals surface area contributed by atoms with E-state index in [1.54, 1.807) is 37.3 Å². The minimum Gasteiger partial charge on any atom is -0.459 e. The molecule has 2 aromatic rings. The molecule has 0 fully saturated rings. The first-order valence-electron chi connectivity index (χ1n) is 7.82. The highest BCUT2D eigenvalue weighted by atomic mass is 127. The SMILES string of the molecule is Cc1cn([C@@H](CI)O[C@@H](CO)COC(=O)c2ccccc2)c(=O)[nH]c1=O. The molecule has 26 heavy (non-hydrogen) atoms. The van der Waals surface area contributed by atoms with Gasteiger partial charge in [-0.3, -0.25) is 14.3 Å². The topological polar surface area (TPSA) is 111 Å². The van der Waals surface area contributed by atoms with Gasteiger partial charge in [-0.2, -0.15) is 0 Å². The van der Waals surface area contributed by atoms with Crippen LogP contribution in [-0.4, -0.2) is 44.4 Å². The van der Waals surface area contributed by atoms with E-state index in [4.69, 9.17) is 9.47 Å². The molecule has 2 rings (SSSR count). The summed E-state index contributed by atoms with van der Waals surface area (Å²) in [5.74, 6) is -0.532. The van der Waals surface area contributed by atoms with E-state index < -0.39 is 36.2 Å². The summed E-state index contributed by atoms with van der Waals surface area (Å²) in [5.41, 5.74) is -0.324. The fourth-order valence-corrected chi connectivity index (χ4v) is 2.79. The number of aliphatic hydroxyl groups excluding tert-OH is 1. The third-order valence-corrected chi connectivity index (χ3v) is 4.30. The maximum atomic E-state index is 12.0. The monoisotopic (exact) mass is 474 g/mol. The Morgan fingerprint density at radius 1 is 1.31 bits per heavy atom. The lowest BCUT2D eigenvalue weighted by Crippen LogP contribution is -2.38. The molecule has 9 heteroatoms. The van der Waals surface area contributed by atoms with Gasteiger partial charge in [-0.25, -0.2) is 9.59 Å². The van der Waals surface area contributed by atoms with Crippen molar-refractivity contribution >= 4 is 28.6 Å². The molecule has 0 aliphatic carbocycles.